The van der Waals surface area contributed by atoms with Crippen LogP contribution < -0.4 is 14.8 Å². The van der Waals surface area contributed by atoms with E-state index >= 15 is 0 Å². The molecule has 1 amide bonds. The summed E-state index contributed by atoms with van der Waals surface area (Å²) in [6, 6.07) is 5.93. The highest BCUT2D eigenvalue weighted by Gasteiger charge is 2.23. The molecule has 1 atom stereocenters. The lowest BCUT2D eigenvalue weighted by molar-refractivity contribution is -0.123. The maximum atomic E-state index is 12.0. The number of carbonyl (C=O) groups excluding carboxylic acids is 1. The summed E-state index contributed by atoms with van der Waals surface area (Å²) in [5.74, 6) is 1.98. The minimum absolute atomic E-state index is 0.0725. The minimum Gasteiger partial charge on any atom is -0.493 e. The Balaban J connectivity index is 1.47. The molecule has 1 aromatic carbocycles. The number of hydrogen-bond donors (Lipinski definition) is 1. The van der Waals surface area contributed by atoms with E-state index in [4.69, 9.17) is 14.2 Å². The largest absolute Gasteiger partial charge is 0.493 e. The van der Waals surface area contributed by atoms with E-state index in [2.05, 4.69) is 16.3 Å². The smallest absolute Gasteiger partial charge is 0.234 e. The maximum Gasteiger partial charge on any atom is 0.234 e. The maximum absolute atomic E-state index is 12.0. The topological polar surface area (TPSA) is 60.0 Å². The molecule has 1 N–H and O–H groups in total. The van der Waals surface area contributed by atoms with Crippen molar-refractivity contribution in [2.45, 2.75) is 6.42 Å². The Kier molecular flexibility index (Phi) is 5.35. The van der Waals surface area contributed by atoms with Crippen LogP contribution in [0.3, 0.4) is 0 Å². The van der Waals surface area contributed by atoms with Crippen LogP contribution in [0.2, 0.25) is 0 Å². The molecule has 3 rings (SSSR count). The molecule has 2 aliphatic heterocycles. The van der Waals surface area contributed by atoms with Crippen LogP contribution in [0.25, 0.3) is 0 Å². The fourth-order valence-corrected chi connectivity index (χ4v) is 3.03. The lowest BCUT2D eigenvalue weighted by atomic mass is 9.96. The molecule has 2 heterocycles. The Morgan fingerprint density at radius 3 is 3.00 bits per heavy atom. The lowest BCUT2D eigenvalue weighted by Crippen LogP contribution is -2.44. The number of morpholine rings is 1. The molecule has 0 bridgehead atoms. The van der Waals surface area contributed by atoms with Crippen molar-refractivity contribution in [1.82, 2.24) is 10.2 Å². The second kappa shape index (κ2) is 7.66. The third-order valence-corrected chi connectivity index (χ3v) is 4.31. The van der Waals surface area contributed by atoms with E-state index in [0.29, 0.717) is 38.8 Å². The summed E-state index contributed by atoms with van der Waals surface area (Å²) in [4.78, 5) is 14.2. The van der Waals surface area contributed by atoms with E-state index < -0.39 is 0 Å². The van der Waals surface area contributed by atoms with Crippen molar-refractivity contribution in [1.29, 1.82) is 0 Å². The van der Waals surface area contributed by atoms with Crippen molar-refractivity contribution in [3.05, 3.63) is 23.8 Å². The van der Waals surface area contributed by atoms with Gasteiger partial charge in [0.05, 0.1) is 33.5 Å². The first-order valence-corrected chi connectivity index (χ1v) is 8.11. The Labute approximate surface area is 136 Å². The van der Waals surface area contributed by atoms with Crippen molar-refractivity contribution in [3.8, 4) is 11.5 Å². The van der Waals surface area contributed by atoms with Crippen molar-refractivity contribution in [3.63, 3.8) is 0 Å². The van der Waals surface area contributed by atoms with E-state index in [1.54, 1.807) is 7.11 Å². The molecule has 126 valence electrons. The fraction of sp³-hybridized carbons (Fsp3) is 0.588. The van der Waals surface area contributed by atoms with Gasteiger partial charge in [0.1, 0.15) is 0 Å². The van der Waals surface area contributed by atoms with Gasteiger partial charge in [-0.25, -0.2) is 0 Å². The van der Waals surface area contributed by atoms with E-state index in [1.165, 1.54) is 0 Å². The van der Waals surface area contributed by atoms with Crippen molar-refractivity contribution < 1.29 is 19.0 Å². The summed E-state index contributed by atoms with van der Waals surface area (Å²) in [7, 11) is 1.65. The monoisotopic (exact) mass is 320 g/mol. The van der Waals surface area contributed by atoms with Crippen molar-refractivity contribution in [2.24, 2.45) is 5.92 Å². The van der Waals surface area contributed by atoms with Crippen molar-refractivity contribution >= 4 is 5.91 Å². The van der Waals surface area contributed by atoms with E-state index in [0.717, 1.165) is 36.6 Å². The number of benzene rings is 1. The average molecular weight is 320 g/mol. The molecule has 1 saturated heterocycles. The number of carbonyl (C=O) groups is 1. The van der Waals surface area contributed by atoms with Gasteiger partial charge in [-0.05, 0) is 18.1 Å². The van der Waals surface area contributed by atoms with Crippen molar-refractivity contribution in [2.75, 3.05) is 53.1 Å². The molecular weight excluding hydrogens is 296 g/mol. The van der Waals surface area contributed by atoms with Crippen LogP contribution in [-0.2, 0) is 16.0 Å². The van der Waals surface area contributed by atoms with Gasteiger partial charge in [-0.15, -0.1) is 0 Å². The van der Waals surface area contributed by atoms with Gasteiger partial charge in [-0.2, -0.15) is 0 Å². The zero-order chi connectivity index (χ0) is 16.1. The molecule has 6 heteroatoms. The van der Waals surface area contributed by atoms with Crippen LogP contribution in [-0.4, -0.2) is 63.9 Å². The number of amides is 1. The van der Waals surface area contributed by atoms with Crippen LogP contribution in [0.15, 0.2) is 18.2 Å². The highest BCUT2D eigenvalue weighted by atomic mass is 16.5. The number of nitrogens with one attached hydrogen (secondary N) is 1. The second-order valence-corrected chi connectivity index (χ2v) is 6.02. The van der Waals surface area contributed by atoms with Gasteiger partial charge in [0.2, 0.25) is 5.91 Å². The first-order valence-electron chi connectivity index (χ1n) is 8.11. The summed E-state index contributed by atoms with van der Waals surface area (Å²) < 4.78 is 16.4. The predicted molar refractivity (Wildman–Crippen MR) is 86.0 cm³/mol. The van der Waals surface area contributed by atoms with Crippen LogP contribution in [0.1, 0.15) is 5.56 Å². The summed E-state index contributed by atoms with van der Waals surface area (Å²) in [6.07, 6.45) is 0.893. The Morgan fingerprint density at radius 1 is 1.39 bits per heavy atom. The zero-order valence-corrected chi connectivity index (χ0v) is 13.5. The number of fused-ring (bicyclic) bond motifs is 1. The molecule has 0 saturated carbocycles. The van der Waals surface area contributed by atoms with Crippen LogP contribution >= 0.6 is 0 Å². The molecule has 1 unspecified atom stereocenters. The standard InChI is InChI=1S/C17H24N2O4/c1-21-15-4-2-3-14-9-13(12-23-17(14)15)10-18-16(20)11-19-5-7-22-8-6-19/h2-4,13H,5-12H2,1H3,(H,18,20). The van der Waals surface area contributed by atoms with Crippen LogP contribution in [0.5, 0.6) is 11.5 Å². The Bertz CT molecular complexity index is 543. The van der Waals surface area contributed by atoms with Gasteiger partial charge in [-0.3, -0.25) is 9.69 Å². The molecule has 23 heavy (non-hydrogen) atoms. The van der Waals surface area contributed by atoms with E-state index in [9.17, 15) is 4.79 Å². The third kappa shape index (κ3) is 4.14. The minimum atomic E-state index is 0.0725. The Hall–Kier alpha value is -1.79. The van der Waals surface area contributed by atoms with E-state index in [-0.39, 0.29) is 5.91 Å². The predicted octanol–water partition coefficient (Wildman–Crippen LogP) is 0.695. The second-order valence-electron chi connectivity index (χ2n) is 6.02. The van der Waals surface area contributed by atoms with Gasteiger partial charge in [0.15, 0.2) is 11.5 Å². The first-order chi connectivity index (χ1) is 11.3. The van der Waals surface area contributed by atoms with Gasteiger partial charge in [0, 0.05) is 25.6 Å². The molecule has 2 aliphatic rings. The van der Waals surface area contributed by atoms with Crippen LogP contribution in [0, 0.1) is 5.92 Å². The molecule has 1 fully saturated rings. The van der Waals surface area contributed by atoms with Crippen LogP contribution in [0.4, 0.5) is 0 Å². The van der Waals surface area contributed by atoms with Gasteiger partial charge < -0.3 is 19.5 Å². The number of methoxy groups -OCH3 is 1. The number of para-hydroxylation sites is 1. The fourth-order valence-electron chi connectivity index (χ4n) is 3.03. The van der Waals surface area contributed by atoms with Gasteiger partial charge in [-0.1, -0.05) is 12.1 Å². The molecule has 0 radical (unpaired) electrons. The lowest BCUT2D eigenvalue weighted by Gasteiger charge is -2.28. The normalized spacial score (nSPS) is 21.2. The first kappa shape index (κ1) is 16.1. The summed E-state index contributed by atoms with van der Waals surface area (Å²) >= 11 is 0. The number of nitrogens with zero attached hydrogens (tertiary/aromatic N) is 1. The zero-order valence-electron chi connectivity index (χ0n) is 13.5. The summed E-state index contributed by atoms with van der Waals surface area (Å²) in [5, 5.41) is 3.03. The average Bonchev–Trinajstić information content (AvgIpc) is 2.60. The number of rotatable bonds is 5. The number of ether oxygens (including phenoxy) is 3. The summed E-state index contributed by atoms with van der Waals surface area (Å²) in [6.45, 7) is 4.76. The van der Waals surface area contributed by atoms with E-state index in [1.807, 2.05) is 12.1 Å². The molecular formula is C17H24N2O4. The third-order valence-electron chi connectivity index (χ3n) is 4.31. The molecule has 1 aromatic rings. The molecule has 6 nitrogen and oxygen atoms in total. The number of hydrogen-bond acceptors (Lipinski definition) is 5. The summed E-state index contributed by atoms with van der Waals surface area (Å²) in [5.41, 5.74) is 1.14. The quantitative estimate of drug-likeness (QED) is 0.865. The SMILES string of the molecule is COc1cccc2c1OCC(CNC(=O)CN1CCOCC1)C2. The molecule has 0 aliphatic carbocycles. The van der Waals surface area contributed by atoms with Gasteiger partial charge >= 0.3 is 0 Å². The molecule has 0 spiro atoms. The Morgan fingerprint density at radius 2 is 2.22 bits per heavy atom. The molecule has 0 aromatic heterocycles. The highest BCUT2D eigenvalue weighted by molar-refractivity contribution is 5.78. The van der Waals surface area contributed by atoms with Gasteiger partial charge in [0.25, 0.3) is 0 Å². The highest BCUT2D eigenvalue weighted by Crippen LogP contribution is 2.35.